The van der Waals surface area contributed by atoms with Crippen molar-refractivity contribution >= 4 is 40.1 Å². The second-order valence-electron chi connectivity index (χ2n) is 4.62. The van der Waals surface area contributed by atoms with Crippen molar-refractivity contribution in [3.63, 3.8) is 0 Å². The number of nitrogens with zero attached hydrogens (tertiary/aromatic N) is 5. The molecule has 0 saturated heterocycles. The topological polar surface area (TPSA) is 66.8 Å². The van der Waals surface area contributed by atoms with Gasteiger partial charge < -0.3 is 10.2 Å². The van der Waals surface area contributed by atoms with Crippen LogP contribution in [0.5, 0.6) is 0 Å². The number of anilines is 3. The number of benzene rings is 1. The van der Waals surface area contributed by atoms with Crippen molar-refractivity contribution in [2.45, 2.75) is 0 Å². The van der Waals surface area contributed by atoms with E-state index in [0.717, 1.165) is 16.6 Å². The second-order valence-corrected chi connectivity index (χ2v) is 4.96. The van der Waals surface area contributed by atoms with Crippen LogP contribution in [-0.2, 0) is 0 Å². The van der Waals surface area contributed by atoms with Crippen LogP contribution in [0.1, 0.15) is 0 Å². The Kier molecular flexibility index (Phi) is 3.53. The van der Waals surface area contributed by atoms with Gasteiger partial charge in [0.05, 0.1) is 11.2 Å². The van der Waals surface area contributed by atoms with E-state index in [9.17, 15) is 0 Å². The van der Waals surface area contributed by atoms with Gasteiger partial charge in [0.2, 0.25) is 17.2 Å². The molecule has 0 radical (unpaired) electrons. The first-order valence-corrected chi connectivity index (χ1v) is 6.71. The monoisotopic (exact) mass is 300 g/mol. The summed E-state index contributed by atoms with van der Waals surface area (Å²) in [6.07, 6.45) is 1.76. The van der Waals surface area contributed by atoms with E-state index in [4.69, 9.17) is 11.6 Å². The molecule has 0 aliphatic carbocycles. The van der Waals surface area contributed by atoms with Gasteiger partial charge in [0.25, 0.3) is 0 Å². The highest BCUT2D eigenvalue weighted by atomic mass is 35.5. The zero-order chi connectivity index (χ0) is 14.8. The Balaban J connectivity index is 2.03. The zero-order valence-electron chi connectivity index (χ0n) is 11.6. The van der Waals surface area contributed by atoms with Crippen LogP contribution in [0.3, 0.4) is 0 Å². The molecule has 106 valence electrons. The molecule has 0 saturated carbocycles. The predicted molar refractivity (Wildman–Crippen MR) is 84.2 cm³/mol. The number of nitrogens with one attached hydrogen (secondary N) is 1. The molecular weight excluding hydrogens is 288 g/mol. The fourth-order valence-corrected chi connectivity index (χ4v) is 2.08. The Bertz CT molecular complexity index is 784. The number of aromatic nitrogens is 4. The molecule has 6 nitrogen and oxygen atoms in total. The maximum Gasteiger partial charge on any atom is 0.233 e. The maximum absolute atomic E-state index is 5.94. The highest BCUT2D eigenvalue weighted by molar-refractivity contribution is 6.28. The first kappa shape index (κ1) is 13.5. The average molecular weight is 301 g/mol. The highest BCUT2D eigenvalue weighted by Crippen LogP contribution is 2.24. The van der Waals surface area contributed by atoms with Crippen LogP contribution < -0.4 is 10.2 Å². The van der Waals surface area contributed by atoms with Crippen LogP contribution in [0, 0.1) is 0 Å². The number of halogens is 1. The summed E-state index contributed by atoms with van der Waals surface area (Å²) in [5.74, 6) is 0.894. The van der Waals surface area contributed by atoms with Gasteiger partial charge in [0.15, 0.2) is 0 Å². The Labute approximate surface area is 126 Å². The molecule has 3 aromatic rings. The van der Waals surface area contributed by atoms with E-state index in [2.05, 4.69) is 25.3 Å². The third-order valence-electron chi connectivity index (χ3n) is 2.89. The zero-order valence-corrected chi connectivity index (χ0v) is 12.3. The SMILES string of the molecule is CN(C)c1nc(Cl)nc(Nc2cccc3ncccc23)n1. The van der Waals surface area contributed by atoms with Crippen molar-refractivity contribution in [3.8, 4) is 0 Å². The molecule has 1 aromatic carbocycles. The largest absolute Gasteiger partial charge is 0.347 e. The Morgan fingerprint density at radius 1 is 1.05 bits per heavy atom. The second kappa shape index (κ2) is 5.49. The fourth-order valence-electron chi connectivity index (χ4n) is 1.93. The Morgan fingerprint density at radius 2 is 1.90 bits per heavy atom. The van der Waals surface area contributed by atoms with E-state index in [1.165, 1.54) is 0 Å². The smallest absolute Gasteiger partial charge is 0.233 e. The van der Waals surface area contributed by atoms with E-state index in [1.54, 1.807) is 11.1 Å². The van der Waals surface area contributed by atoms with Crippen molar-refractivity contribution < 1.29 is 0 Å². The van der Waals surface area contributed by atoms with E-state index >= 15 is 0 Å². The lowest BCUT2D eigenvalue weighted by molar-refractivity contribution is 0.961. The summed E-state index contributed by atoms with van der Waals surface area (Å²) >= 11 is 5.94. The third-order valence-corrected chi connectivity index (χ3v) is 3.06. The number of pyridine rings is 1. The Hall–Kier alpha value is -2.47. The Morgan fingerprint density at radius 3 is 2.71 bits per heavy atom. The van der Waals surface area contributed by atoms with Crippen molar-refractivity contribution in [1.29, 1.82) is 0 Å². The van der Waals surface area contributed by atoms with Gasteiger partial charge in [0, 0.05) is 25.7 Å². The lowest BCUT2D eigenvalue weighted by Gasteiger charge is -2.12. The normalized spacial score (nSPS) is 10.6. The number of fused-ring (bicyclic) bond motifs is 1. The van der Waals surface area contributed by atoms with Crippen molar-refractivity contribution in [2.24, 2.45) is 0 Å². The van der Waals surface area contributed by atoms with Gasteiger partial charge in [-0.2, -0.15) is 15.0 Å². The number of hydrogen-bond acceptors (Lipinski definition) is 6. The van der Waals surface area contributed by atoms with E-state index in [0.29, 0.717) is 11.9 Å². The van der Waals surface area contributed by atoms with Crippen molar-refractivity contribution in [2.75, 3.05) is 24.3 Å². The first-order valence-electron chi connectivity index (χ1n) is 6.33. The fraction of sp³-hybridized carbons (Fsp3) is 0.143. The molecule has 3 rings (SSSR count). The molecule has 0 atom stereocenters. The molecule has 21 heavy (non-hydrogen) atoms. The van der Waals surface area contributed by atoms with Crippen molar-refractivity contribution in [1.82, 2.24) is 19.9 Å². The molecule has 0 spiro atoms. The van der Waals surface area contributed by atoms with E-state index < -0.39 is 0 Å². The number of hydrogen-bond donors (Lipinski definition) is 1. The van der Waals surface area contributed by atoms with Crippen molar-refractivity contribution in [3.05, 3.63) is 41.8 Å². The molecule has 0 unspecified atom stereocenters. The molecule has 0 aliphatic rings. The minimum absolute atomic E-state index is 0.148. The number of rotatable bonds is 3. The minimum atomic E-state index is 0.148. The molecule has 2 aromatic heterocycles. The average Bonchev–Trinajstić information content (AvgIpc) is 2.47. The molecule has 1 N–H and O–H groups in total. The van der Waals surface area contributed by atoms with Gasteiger partial charge in [-0.25, -0.2) is 0 Å². The molecule has 0 bridgehead atoms. The summed E-state index contributed by atoms with van der Waals surface area (Å²) in [5, 5.41) is 4.31. The molecule has 0 amide bonds. The van der Waals surface area contributed by atoms with Gasteiger partial charge in [-0.1, -0.05) is 6.07 Å². The van der Waals surface area contributed by atoms with Crippen LogP contribution in [0.15, 0.2) is 36.5 Å². The van der Waals surface area contributed by atoms with Gasteiger partial charge in [-0.15, -0.1) is 0 Å². The standard InChI is InChI=1S/C14H13ClN6/c1-21(2)14-19-12(15)18-13(20-14)17-11-7-3-6-10-9(11)5-4-8-16-10/h3-8H,1-2H3,(H,17,18,19,20). The quantitative estimate of drug-likeness (QED) is 0.802. The van der Waals surface area contributed by atoms with Gasteiger partial charge >= 0.3 is 0 Å². The van der Waals surface area contributed by atoms with Gasteiger partial charge in [-0.05, 0) is 35.9 Å². The minimum Gasteiger partial charge on any atom is -0.347 e. The highest BCUT2D eigenvalue weighted by Gasteiger charge is 2.08. The lowest BCUT2D eigenvalue weighted by atomic mass is 10.2. The summed E-state index contributed by atoms with van der Waals surface area (Å²) < 4.78 is 0. The predicted octanol–water partition coefficient (Wildman–Crippen LogP) is 2.88. The summed E-state index contributed by atoms with van der Waals surface area (Å²) in [6, 6.07) is 9.69. The van der Waals surface area contributed by atoms with Gasteiger partial charge in [0.1, 0.15) is 0 Å². The summed E-state index contributed by atoms with van der Waals surface area (Å²) in [5.41, 5.74) is 1.77. The van der Waals surface area contributed by atoms with Crippen LogP contribution in [0.4, 0.5) is 17.6 Å². The summed E-state index contributed by atoms with van der Waals surface area (Å²) in [7, 11) is 3.69. The van der Waals surface area contributed by atoms with Crippen LogP contribution in [-0.4, -0.2) is 34.0 Å². The lowest BCUT2D eigenvalue weighted by Crippen LogP contribution is -2.14. The molecule has 0 fully saturated rings. The van der Waals surface area contributed by atoms with Crippen LogP contribution in [0.25, 0.3) is 10.9 Å². The maximum atomic E-state index is 5.94. The molecule has 7 heteroatoms. The first-order chi connectivity index (χ1) is 10.1. The van der Waals surface area contributed by atoms with Crippen LogP contribution >= 0.6 is 11.6 Å². The van der Waals surface area contributed by atoms with Gasteiger partial charge in [-0.3, -0.25) is 4.98 Å². The third kappa shape index (κ3) is 2.85. The molecule has 2 heterocycles. The summed E-state index contributed by atoms with van der Waals surface area (Å²) in [4.78, 5) is 18.6. The van der Waals surface area contributed by atoms with Crippen LogP contribution in [0.2, 0.25) is 5.28 Å². The summed E-state index contributed by atoms with van der Waals surface area (Å²) in [6.45, 7) is 0. The molecular formula is C14H13ClN6. The van der Waals surface area contributed by atoms with E-state index in [1.807, 2.05) is 44.4 Å². The molecule has 0 aliphatic heterocycles. The van der Waals surface area contributed by atoms with E-state index in [-0.39, 0.29) is 5.28 Å².